The maximum Gasteiger partial charge on any atom is 0.257 e. The van der Waals surface area contributed by atoms with Crippen LogP contribution in [-0.2, 0) is 16.1 Å². The monoisotopic (exact) mass is 349 g/mol. The first-order chi connectivity index (χ1) is 12.1. The molecule has 1 aromatic carbocycles. The summed E-state index contributed by atoms with van der Waals surface area (Å²) in [5.41, 5.74) is 0.909. The molecule has 3 N–H and O–H groups in total. The van der Waals surface area contributed by atoms with Crippen molar-refractivity contribution in [2.45, 2.75) is 38.8 Å². The van der Waals surface area contributed by atoms with Crippen LogP contribution in [0.3, 0.4) is 0 Å². The van der Waals surface area contributed by atoms with Gasteiger partial charge in [-0.05, 0) is 44.0 Å². The number of nitrogens with one attached hydrogen (secondary N) is 3. The van der Waals surface area contributed by atoms with Crippen LogP contribution in [0, 0.1) is 0 Å². The van der Waals surface area contributed by atoms with E-state index in [2.05, 4.69) is 16.0 Å². The SMILES string of the molecule is CCNC(=O)COc1ccc(CNC(=O)C2CCCCN2)cc1OC. The predicted octanol–water partition coefficient (Wildman–Crippen LogP) is 0.968. The molecule has 2 amide bonds. The summed E-state index contributed by atoms with van der Waals surface area (Å²) in [7, 11) is 1.54. The first-order valence-electron chi connectivity index (χ1n) is 8.71. The minimum Gasteiger partial charge on any atom is -0.493 e. The number of hydrogen-bond acceptors (Lipinski definition) is 5. The molecule has 1 saturated heterocycles. The van der Waals surface area contributed by atoms with Crippen molar-refractivity contribution in [3.05, 3.63) is 23.8 Å². The van der Waals surface area contributed by atoms with E-state index < -0.39 is 0 Å². The number of hydrogen-bond donors (Lipinski definition) is 3. The van der Waals surface area contributed by atoms with Crippen LogP contribution in [0.15, 0.2) is 18.2 Å². The average molecular weight is 349 g/mol. The summed E-state index contributed by atoms with van der Waals surface area (Å²) in [4.78, 5) is 23.6. The van der Waals surface area contributed by atoms with Crippen LogP contribution in [-0.4, -0.2) is 44.7 Å². The van der Waals surface area contributed by atoms with E-state index in [4.69, 9.17) is 9.47 Å². The zero-order valence-electron chi connectivity index (χ0n) is 14.9. The number of piperidine rings is 1. The van der Waals surface area contributed by atoms with Crippen LogP contribution in [0.4, 0.5) is 0 Å². The van der Waals surface area contributed by atoms with Gasteiger partial charge in [-0.25, -0.2) is 0 Å². The van der Waals surface area contributed by atoms with Crippen molar-refractivity contribution in [1.82, 2.24) is 16.0 Å². The highest BCUT2D eigenvalue weighted by Gasteiger charge is 2.20. The van der Waals surface area contributed by atoms with Gasteiger partial charge in [0, 0.05) is 13.1 Å². The number of carbonyl (C=O) groups is 2. The van der Waals surface area contributed by atoms with Crippen molar-refractivity contribution in [2.24, 2.45) is 0 Å². The normalized spacial score (nSPS) is 16.8. The lowest BCUT2D eigenvalue weighted by molar-refractivity contribution is -0.124. The Balaban J connectivity index is 1.89. The second kappa shape index (κ2) is 9.88. The topological polar surface area (TPSA) is 88.7 Å². The van der Waals surface area contributed by atoms with Crippen LogP contribution in [0.1, 0.15) is 31.7 Å². The van der Waals surface area contributed by atoms with Gasteiger partial charge in [0.05, 0.1) is 13.2 Å². The molecular weight excluding hydrogens is 322 g/mol. The van der Waals surface area contributed by atoms with Crippen LogP contribution >= 0.6 is 0 Å². The van der Waals surface area contributed by atoms with Crippen molar-refractivity contribution in [1.29, 1.82) is 0 Å². The molecule has 1 heterocycles. The highest BCUT2D eigenvalue weighted by molar-refractivity contribution is 5.81. The number of carbonyl (C=O) groups excluding carboxylic acids is 2. The molecule has 7 heteroatoms. The number of ether oxygens (including phenoxy) is 2. The van der Waals surface area contributed by atoms with E-state index in [-0.39, 0.29) is 24.5 Å². The third-order valence-corrected chi connectivity index (χ3v) is 4.05. The number of likely N-dealkylation sites (N-methyl/N-ethyl adjacent to an activating group) is 1. The molecule has 0 radical (unpaired) electrons. The number of methoxy groups -OCH3 is 1. The molecule has 0 aromatic heterocycles. The van der Waals surface area contributed by atoms with Crippen molar-refractivity contribution >= 4 is 11.8 Å². The molecule has 1 atom stereocenters. The summed E-state index contributed by atoms with van der Waals surface area (Å²) in [5.74, 6) is 0.876. The van der Waals surface area contributed by atoms with Crippen LogP contribution in [0.25, 0.3) is 0 Å². The minimum atomic E-state index is -0.180. The Bertz CT molecular complexity index is 586. The fourth-order valence-corrected chi connectivity index (χ4v) is 2.72. The Morgan fingerprint density at radius 3 is 2.76 bits per heavy atom. The second-order valence-electron chi connectivity index (χ2n) is 5.95. The summed E-state index contributed by atoms with van der Waals surface area (Å²) in [5, 5.41) is 8.84. The van der Waals surface area contributed by atoms with Gasteiger partial charge in [0.25, 0.3) is 5.91 Å². The summed E-state index contributed by atoms with van der Waals surface area (Å²) in [6.07, 6.45) is 3.08. The molecule has 1 aliphatic rings. The molecule has 0 spiro atoms. The van der Waals surface area contributed by atoms with E-state index in [1.807, 2.05) is 19.1 Å². The van der Waals surface area contributed by atoms with E-state index >= 15 is 0 Å². The fourth-order valence-electron chi connectivity index (χ4n) is 2.72. The Hall–Kier alpha value is -2.28. The van der Waals surface area contributed by atoms with E-state index in [1.165, 1.54) is 0 Å². The lowest BCUT2D eigenvalue weighted by Crippen LogP contribution is -2.46. The third kappa shape index (κ3) is 5.94. The number of rotatable bonds is 8. The van der Waals surface area contributed by atoms with Crippen molar-refractivity contribution < 1.29 is 19.1 Å². The molecule has 1 fully saturated rings. The second-order valence-corrected chi connectivity index (χ2v) is 5.95. The summed E-state index contributed by atoms with van der Waals surface area (Å²) in [6.45, 7) is 3.67. The fraction of sp³-hybridized carbons (Fsp3) is 0.556. The minimum absolute atomic E-state index is 0.0234. The van der Waals surface area contributed by atoms with Crippen molar-refractivity contribution in [3.8, 4) is 11.5 Å². The molecule has 1 aliphatic heterocycles. The highest BCUT2D eigenvalue weighted by Crippen LogP contribution is 2.28. The van der Waals surface area contributed by atoms with E-state index in [1.54, 1.807) is 13.2 Å². The van der Waals surface area contributed by atoms with Crippen molar-refractivity contribution in [2.75, 3.05) is 26.8 Å². The molecule has 0 bridgehead atoms. The van der Waals surface area contributed by atoms with Gasteiger partial charge in [-0.3, -0.25) is 9.59 Å². The molecule has 7 nitrogen and oxygen atoms in total. The molecule has 1 aromatic rings. The van der Waals surface area contributed by atoms with Gasteiger partial charge in [-0.1, -0.05) is 12.5 Å². The molecule has 0 aliphatic carbocycles. The maximum absolute atomic E-state index is 12.2. The van der Waals surface area contributed by atoms with Gasteiger partial charge in [0.15, 0.2) is 18.1 Å². The Morgan fingerprint density at radius 2 is 2.08 bits per heavy atom. The maximum atomic E-state index is 12.2. The van der Waals surface area contributed by atoms with Gasteiger partial charge in [-0.2, -0.15) is 0 Å². The first-order valence-corrected chi connectivity index (χ1v) is 8.71. The van der Waals surface area contributed by atoms with Crippen LogP contribution in [0.5, 0.6) is 11.5 Å². The van der Waals surface area contributed by atoms with Gasteiger partial charge >= 0.3 is 0 Å². The number of amides is 2. The Labute approximate surface area is 148 Å². The largest absolute Gasteiger partial charge is 0.493 e. The van der Waals surface area contributed by atoms with Gasteiger partial charge < -0.3 is 25.4 Å². The van der Waals surface area contributed by atoms with E-state index in [0.717, 1.165) is 31.4 Å². The zero-order valence-corrected chi connectivity index (χ0v) is 14.9. The van der Waals surface area contributed by atoms with E-state index in [0.29, 0.717) is 24.6 Å². The molecule has 1 unspecified atom stereocenters. The van der Waals surface area contributed by atoms with Crippen molar-refractivity contribution in [3.63, 3.8) is 0 Å². The predicted molar refractivity (Wildman–Crippen MR) is 94.7 cm³/mol. The van der Waals surface area contributed by atoms with Gasteiger partial charge in [-0.15, -0.1) is 0 Å². The zero-order chi connectivity index (χ0) is 18.1. The van der Waals surface area contributed by atoms with Crippen LogP contribution < -0.4 is 25.4 Å². The Morgan fingerprint density at radius 1 is 1.24 bits per heavy atom. The molecule has 2 rings (SSSR count). The van der Waals surface area contributed by atoms with Gasteiger partial charge in [0.2, 0.25) is 5.91 Å². The third-order valence-electron chi connectivity index (χ3n) is 4.05. The lowest BCUT2D eigenvalue weighted by Gasteiger charge is -2.22. The quantitative estimate of drug-likeness (QED) is 0.651. The number of benzene rings is 1. The summed E-state index contributed by atoms with van der Waals surface area (Å²) in [6, 6.07) is 5.31. The Kier molecular flexibility index (Phi) is 7.53. The standard InChI is InChI=1S/C18H27N3O4/c1-3-19-17(22)12-25-15-8-7-13(10-16(15)24-2)11-21-18(23)14-6-4-5-9-20-14/h7-8,10,14,20H,3-6,9,11-12H2,1-2H3,(H,19,22)(H,21,23). The smallest absolute Gasteiger partial charge is 0.257 e. The highest BCUT2D eigenvalue weighted by atomic mass is 16.5. The summed E-state index contributed by atoms with van der Waals surface area (Å²) < 4.78 is 10.8. The first kappa shape index (κ1) is 19.1. The van der Waals surface area contributed by atoms with Crippen LogP contribution in [0.2, 0.25) is 0 Å². The van der Waals surface area contributed by atoms with Gasteiger partial charge in [0.1, 0.15) is 0 Å². The average Bonchev–Trinajstić information content (AvgIpc) is 2.65. The summed E-state index contributed by atoms with van der Waals surface area (Å²) >= 11 is 0. The van der Waals surface area contributed by atoms with E-state index in [9.17, 15) is 9.59 Å². The molecule has 138 valence electrons. The lowest BCUT2D eigenvalue weighted by atomic mass is 10.0. The molecule has 0 saturated carbocycles. The molecular formula is C18H27N3O4. The molecule has 25 heavy (non-hydrogen) atoms.